The van der Waals surface area contributed by atoms with Crippen LogP contribution in [0.15, 0.2) is 48.5 Å². The van der Waals surface area contributed by atoms with Crippen LogP contribution in [0, 0.1) is 0 Å². The molecular formula is C21H27N3O3. The van der Waals surface area contributed by atoms with Crippen LogP contribution in [0.4, 0.5) is 0 Å². The normalized spacial score (nSPS) is 10.7. The van der Waals surface area contributed by atoms with Crippen molar-refractivity contribution in [1.82, 2.24) is 15.2 Å². The average Bonchev–Trinajstić information content (AvgIpc) is 2.69. The van der Waals surface area contributed by atoms with E-state index >= 15 is 0 Å². The highest BCUT2D eigenvalue weighted by Crippen LogP contribution is 2.13. The van der Waals surface area contributed by atoms with Crippen LogP contribution in [0.5, 0.6) is 0 Å². The summed E-state index contributed by atoms with van der Waals surface area (Å²) in [5.41, 5.74) is 1.55. The van der Waals surface area contributed by atoms with Crippen molar-refractivity contribution in [2.45, 2.75) is 32.9 Å². The molecule has 0 saturated heterocycles. The number of carbonyl (C=O) groups is 2. The summed E-state index contributed by atoms with van der Waals surface area (Å²) in [7, 11) is 1.62. The third-order valence-corrected chi connectivity index (χ3v) is 4.09. The highest BCUT2D eigenvalue weighted by Gasteiger charge is 2.21. The third kappa shape index (κ3) is 6.18. The lowest BCUT2D eigenvalue weighted by atomic mass is 10.1. The molecule has 27 heavy (non-hydrogen) atoms. The molecule has 2 rings (SSSR count). The van der Waals surface area contributed by atoms with E-state index in [-0.39, 0.29) is 29.2 Å². The Labute approximate surface area is 160 Å². The zero-order valence-electron chi connectivity index (χ0n) is 16.1. The van der Waals surface area contributed by atoms with Gasteiger partial charge in [0.05, 0.1) is 0 Å². The van der Waals surface area contributed by atoms with Crippen molar-refractivity contribution in [2.24, 2.45) is 0 Å². The highest BCUT2D eigenvalue weighted by molar-refractivity contribution is 5.96. The summed E-state index contributed by atoms with van der Waals surface area (Å²) in [5, 5.41) is 2.79. The molecule has 2 aromatic rings. The van der Waals surface area contributed by atoms with Gasteiger partial charge in [0.15, 0.2) is 0 Å². The van der Waals surface area contributed by atoms with E-state index in [0.29, 0.717) is 19.7 Å². The van der Waals surface area contributed by atoms with E-state index in [1.165, 1.54) is 0 Å². The minimum atomic E-state index is -0.292. The zero-order chi connectivity index (χ0) is 19.6. The minimum Gasteiger partial charge on any atom is -0.385 e. The fourth-order valence-electron chi connectivity index (χ4n) is 2.61. The molecule has 0 bridgehead atoms. The van der Waals surface area contributed by atoms with Gasteiger partial charge in [-0.25, -0.2) is 4.98 Å². The molecule has 1 N–H and O–H groups in total. The van der Waals surface area contributed by atoms with Gasteiger partial charge in [-0.05, 0) is 38.0 Å². The molecular weight excluding hydrogens is 342 g/mol. The maximum Gasteiger partial charge on any atom is 0.273 e. The number of carbonyl (C=O) groups excluding carboxylic acids is 2. The molecule has 0 atom stereocenters. The number of hydrogen-bond acceptors (Lipinski definition) is 4. The predicted molar refractivity (Wildman–Crippen MR) is 105 cm³/mol. The molecule has 2 amide bonds. The molecule has 0 aliphatic rings. The van der Waals surface area contributed by atoms with Crippen LogP contribution in [0.1, 0.15) is 46.8 Å². The van der Waals surface area contributed by atoms with Gasteiger partial charge in [0, 0.05) is 32.8 Å². The number of rotatable bonds is 9. The summed E-state index contributed by atoms with van der Waals surface area (Å²) in [5.74, 6) is -0.484. The zero-order valence-corrected chi connectivity index (χ0v) is 16.1. The first-order chi connectivity index (χ1) is 13.0. The van der Waals surface area contributed by atoms with E-state index in [0.717, 1.165) is 12.0 Å². The molecule has 0 saturated carbocycles. The van der Waals surface area contributed by atoms with Crippen molar-refractivity contribution >= 4 is 11.8 Å². The van der Waals surface area contributed by atoms with E-state index in [4.69, 9.17) is 4.74 Å². The van der Waals surface area contributed by atoms with Crippen LogP contribution in [-0.4, -0.2) is 48.0 Å². The molecule has 6 heteroatoms. The van der Waals surface area contributed by atoms with Crippen LogP contribution in [0.3, 0.4) is 0 Å². The number of hydrogen-bond donors (Lipinski definition) is 1. The van der Waals surface area contributed by atoms with Gasteiger partial charge in [0.2, 0.25) is 0 Å². The predicted octanol–water partition coefficient (Wildman–Crippen LogP) is 2.90. The lowest BCUT2D eigenvalue weighted by Gasteiger charge is -2.26. The molecule has 0 aliphatic carbocycles. The van der Waals surface area contributed by atoms with Crippen LogP contribution in [-0.2, 0) is 11.3 Å². The summed E-state index contributed by atoms with van der Waals surface area (Å²) in [6.45, 7) is 5.50. The van der Waals surface area contributed by atoms with E-state index in [2.05, 4.69) is 10.3 Å². The second-order valence-corrected chi connectivity index (χ2v) is 6.52. The Hall–Kier alpha value is -2.73. The van der Waals surface area contributed by atoms with E-state index in [1.54, 1.807) is 30.2 Å². The van der Waals surface area contributed by atoms with Gasteiger partial charge in [-0.2, -0.15) is 0 Å². The van der Waals surface area contributed by atoms with Crippen LogP contribution >= 0.6 is 0 Å². The Morgan fingerprint density at radius 3 is 2.44 bits per heavy atom. The van der Waals surface area contributed by atoms with Gasteiger partial charge in [0.1, 0.15) is 11.4 Å². The summed E-state index contributed by atoms with van der Waals surface area (Å²) < 4.78 is 4.96. The largest absolute Gasteiger partial charge is 0.385 e. The Morgan fingerprint density at radius 2 is 1.78 bits per heavy atom. The maximum absolute atomic E-state index is 13.0. The van der Waals surface area contributed by atoms with Crippen molar-refractivity contribution in [3.8, 4) is 0 Å². The van der Waals surface area contributed by atoms with Gasteiger partial charge >= 0.3 is 0 Å². The molecule has 0 spiro atoms. The average molecular weight is 369 g/mol. The first-order valence-corrected chi connectivity index (χ1v) is 9.12. The first-order valence-electron chi connectivity index (χ1n) is 9.12. The molecule has 0 radical (unpaired) electrons. The van der Waals surface area contributed by atoms with Crippen molar-refractivity contribution in [3.63, 3.8) is 0 Å². The number of ether oxygens (including phenoxy) is 1. The van der Waals surface area contributed by atoms with Crippen molar-refractivity contribution in [1.29, 1.82) is 0 Å². The quantitative estimate of drug-likeness (QED) is 0.690. The van der Waals surface area contributed by atoms with E-state index in [9.17, 15) is 9.59 Å². The second-order valence-electron chi connectivity index (χ2n) is 6.52. The van der Waals surface area contributed by atoms with Crippen LogP contribution < -0.4 is 5.32 Å². The van der Waals surface area contributed by atoms with Gasteiger partial charge in [0.25, 0.3) is 11.8 Å². The van der Waals surface area contributed by atoms with Crippen LogP contribution in [0.25, 0.3) is 0 Å². The topological polar surface area (TPSA) is 71.5 Å². The summed E-state index contributed by atoms with van der Waals surface area (Å²) in [6, 6.07) is 14.8. The Kier molecular flexibility index (Phi) is 7.95. The van der Waals surface area contributed by atoms with E-state index in [1.807, 2.05) is 44.2 Å². The summed E-state index contributed by atoms with van der Waals surface area (Å²) in [4.78, 5) is 31.2. The van der Waals surface area contributed by atoms with Crippen molar-refractivity contribution in [2.75, 3.05) is 20.3 Å². The molecule has 6 nitrogen and oxygen atoms in total. The fraction of sp³-hybridized carbons (Fsp3) is 0.381. The molecule has 1 aromatic heterocycles. The monoisotopic (exact) mass is 369 g/mol. The Bertz CT molecular complexity index is 747. The number of methoxy groups -OCH3 is 1. The molecule has 1 heterocycles. The molecule has 1 aromatic carbocycles. The Balaban J connectivity index is 2.10. The van der Waals surface area contributed by atoms with Crippen LogP contribution in [0.2, 0.25) is 0 Å². The van der Waals surface area contributed by atoms with Gasteiger partial charge < -0.3 is 15.0 Å². The second kappa shape index (κ2) is 10.4. The molecule has 0 fully saturated rings. The van der Waals surface area contributed by atoms with Crippen molar-refractivity contribution < 1.29 is 14.3 Å². The van der Waals surface area contributed by atoms with Gasteiger partial charge in [-0.15, -0.1) is 0 Å². The number of aromatic nitrogens is 1. The Morgan fingerprint density at radius 1 is 1.07 bits per heavy atom. The van der Waals surface area contributed by atoms with Crippen molar-refractivity contribution in [3.05, 3.63) is 65.5 Å². The standard InChI is InChI=1S/C21H27N3O3/c1-16(2)24(15-17-9-5-4-6-10-17)21(26)19-12-7-11-18(23-19)20(25)22-13-8-14-27-3/h4-7,9-12,16H,8,13-15H2,1-3H3,(H,22,25). The molecule has 0 aliphatic heterocycles. The first kappa shape index (κ1) is 20.6. The number of amides is 2. The lowest BCUT2D eigenvalue weighted by molar-refractivity contribution is 0.0684. The molecule has 144 valence electrons. The number of pyridine rings is 1. The fourth-order valence-corrected chi connectivity index (χ4v) is 2.61. The van der Waals surface area contributed by atoms with E-state index < -0.39 is 0 Å². The summed E-state index contributed by atoms with van der Waals surface area (Å²) >= 11 is 0. The van der Waals surface area contributed by atoms with Gasteiger partial charge in [-0.1, -0.05) is 36.4 Å². The SMILES string of the molecule is COCCCNC(=O)c1cccc(C(=O)N(Cc2ccccc2)C(C)C)n1. The maximum atomic E-state index is 13.0. The molecule has 0 unspecified atom stereocenters. The number of nitrogens with zero attached hydrogens (tertiary/aromatic N) is 2. The lowest BCUT2D eigenvalue weighted by Crippen LogP contribution is -2.37. The number of nitrogens with one attached hydrogen (secondary N) is 1. The minimum absolute atomic E-state index is 0.00559. The summed E-state index contributed by atoms with van der Waals surface area (Å²) in [6.07, 6.45) is 0.721. The van der Waals surface area contributed by atoms with Gasteiger partial charge in [-0.3, -0.25) is 9.59 Å². The third-order valence-electron chi connectivity index (χ3n) is 4.09. The smallest absolute Gasteiger partial charge is 0.273 e. The highest BCUT2D eigenvalue weighted by atomic mass is 16.5. The number of benzene rings is 1.